The molecule has 0 radical (unpaired) electrons. The molecule has 0 aliphatic heterocycles. The Kier molecular flexibility index (Phi) is 7.53. The molecule has 1 aliphatic rings. The third-order valence-electron chi connectivity index (χ3n) is 5.62. The van der Waals surface area contributed by atoms with Crippen LogP contribution in [-0.2, 0) is 9.53 Å². The molecule has 7 nitrogen and oxygen atoms in total. The summed E-state index contributed by atoms with van der Waals surface area (Å²) in [5.74, 6) is 0.745. The van der Waals surface area contributed by atoms with Gasteiger partial charge in [0.1, 0.15) is 11.9 Å². The highest BCUT2D eigenvalue weighted by Crippen LogP contribution is 2.35. The summed E-state index contributed by atoms with van der Waals surface area (Å²) >= 11 is 3.45. The van der Waals surface area contributed by atoms with Crippen molar-refractivity contribution in [3.8, 4) is 11.3 Å². The molecule has 2 amide bonds. The summed E-state index contributed by atoms with van der Waals surface area (Å²) in [6.07, 6.45) is 5.55. The Hall–Kier alpha value is -2.35. The van der Waals surface area contributed by atoms with E-state index in [-0.39, 0.29) is 17.9 Å². The minimum atomic E-state index is -0.678. The van der Waals surface area contributed by atoms with Crippen LogP contribution >= 0.6 is 15.9 Å². The van der Waals surface area contributed by atoms with Gasteiger partial charge in [0.25, 0.3) is 0 Å². The van der Waals surface area contributed by atoms with Crippen LogP contribution in [0.25, 0.3) is 11.3 Å². The van der Waals surface area contributed by atoms with Crippen LogP contribution in [0.5, 0.6) is 0 Å². The average Bonchev–Trinajstić information content (AvgIpc) is 3.42. The molecule has 0 saturated heterocycles. The average molecular weight is 477 g/mol. The fraction of sp³-hybridized carbons (Fsp3) is 0.500. The summed E-state index contributed by atoms with van der Waals surface area (Å²) in [6.45, 7) is 3.78. The standard InChI is InChI=1S/C22H29BrN4O3/c1-13(2)18(27-22(29)30-3)21(28)26-19(15-6-4-5-7-15)20-24-12-17(25-20)14-8-10-16(23)11-9-14/h8-13,15,18-19H,4-7H2,1-3H3,(H,24,25)(H,26,28)(H,27,29)/t18-,19-/m0/s1. The topological polar surface area (TPSA) is 96.1 Å². The number of amides is 2. The van der Waals surface area contributed by atoms with E-state index in [1.54, 1.807) is 6.20 Å². The minimum Gasteiger partial charge on any atom is -0.453 e. The number of rotatable bonds is 7. The Bertz CT molecular complexity index is 860. The molecular formula is C22H29BrN4O3. The van der Waals surface area contributed by atoms with Gasteiger partial charge >= 0.3 is 6.09 Å². The maximum absolute atomic E-state index is 13.1. The van der Waals surface area contributed by atoms with Crippen LogP contribution in [0.4, 0.5) is 4.79 Å². The highest BCUT2D eigenvalue weighted by atomic mass is 79.9. The third kappa shape index (κ3) is 5.41. The molecule has 1 aromatic carbocycles. The zero-order valence-corrected chi connectivity index (χ0v) is 19.2. The lowest BCUT2D eigenvalue weighted by Crippen LogP contribution is -2.51. The summed E-state index contributed by atoms with van der Waals surface area (Å²) in [7, 11) is 1.29. The van der Waals surface area contributed by atoms with Crippen molar-refractivity contribution in [1.29, 1.82) is 0 Å². The van der Waals surface area contributed by atoms with E-state index in [1.807, 2.05) is 38.1 Å². The van der Waals surface area contributed by atoms with Gasteiger partial charge in [-0.1, -0.05) is 54.8 Å². The van der Waals surface area contributed by atoms with Crippen molar-refractivity contribution in [2.24, 2.45) is 11.8 Å². The van der Waals surface area contributed by atoms with Gasteiger partial charge in [0.15, 0.2) is 0 Å². The molecule has 0 bridgehead atoms. The van der Waals surface area contributed by atoms with Crippen LogP contribution in [-0.4, -0.2) is 35.1 Å². The van der Waals surface area contributed by atoms with Crippen LogP contribution < -0.4 is 10.6 Å². The number of ether oxygens (including phenoxy) is 1. The second-order valence-corrected chi connectivity index (χ2v) is 8.99. The van der Waals surface area contributed by atoms with E-state index in [0.29, 0.717) is 5.92 Å². The summed E-state index contributed by atoms with van der Waals surface area (Å²) in [5.41, 5.74) is 1.93. The number of H-pyrrole nitrogens is 1. The first-order valence-corrected chi connectivity index (χ1v) is 11.1. The number of imidazole rings is 1. The number of methoxy groups -OCH3 is 1. The smallest absolute Gasteiger partial charge is 0.407 e. The van der Waals surface area contributed by atoms with Crippen molar-refractivity contribution in [1.82, 2.24) is 20.6 Å². The molecule has 1 aliphatic carbocycles. The van der Waals surface area contributed by atoms with Crippen molar-refractivity contribution >= 4 is 27.9 Å². The van der Waals surface area contributed by atoms with Crippen molar-refractivity contribution in [2.45, 2.75) is 51.6 Å². The normalized spacial score (nSPS) is 16.3. The molecule has 2 atom stereocenters. The molecule has 1 heterocycles. The Morgan fingerprint density at radius 3 is 2.43 bits per heavy atom. The molecule has 2 aromatic rings. The number of halogens is 1. The Labute approximate surface area is 185 Å². The van der Waals surface area contributed by atoms with Gasteiger partial charge in [-0.25, -0.2) is 9.78 Å². The first-order valence-electron chi connectivity index (χ1n) is 10.3. The number of benzene rings is 1. The Balaban J connectivity index is 1.82. The molecule has 1 fully saturated rings. The van der Waals surface area contributed by atoms with Crippen LogP contribution in [0.3, 0.4) is 0 Å². The molecule has 30 heavy (non-hydrogen) atoms. The lowest BCUT2D eigenvalue weighted by molar-refractivity contribution is -0.125. The highest BCUT2D eigenvalue weighted by Gasteiger charge is 2.33. The van der Waals surface area contributed by atoms with E-state index in [1.165, 1.54) is 7.11 Å². The quantitative estimate of drug-likeness (QED) is 0.545. The zero-order chi connectivity index (χ0) is 21.7. The van der Waals surface area contributed by atoms with Gasteiger partial charge in [-0.2, -0.15) is 0 Å². The molecule has 1 aromatic heterocycles. The highest BCUT2D eigenvalue weighted by molar-refractivity contribution is 9.10. The van der Waals surface area contributed by atoms with Crippen LogP contribution in [0.1, 0.15) is 51.4 Å². The first-order chi connectivity index (χ1) is 14.4. The maximum atomic E-state index is 13.1. The number of carbonyl (C=O) groups is 2. The van der Waals surface area contributed by atoms with Crippen LogP contribution in [0.2, 0.25) is 0 Å². The SMILES string of the molecule is COC(=O)N[C@H](C(=O)N[C@H](c1ncc(-c2ccc(Br)cc2)[nH]1)C1CCCC1)C(C)C. The monoisotopic (exact) mass is 476 g/mol. The fourth-order valence-corrected chi connectivity index (χ4v) is 4.20. The summed E-state index contributed by atoms with van der Waals surface area (Å²) < 4.78 is 5.69. The molecule has 0 spiro atoms. The molecule has 3 rings (SSSR count). The van der Waals surface area contributed by atoms with Crippen molar-refractivity contribution in [2.75, 3.05) is 7.11 Å². The maximum Gasteiger partial charge on any atom is 0.407 e. The van der Waals surface area contributed by atoms with E-state index >= 15 is 0 Å². The van der Waals surface area contributed by atoms with E-state index in [2.05, 4.69) is 41.3 Å². The molecule has 1 saturated carbocycles. The van der Waals surface area contributed by atoms with Gasteiger partial charge in [-0.05, 0) is 42.4 Å². The van der Waals surface area contributed by atoms with Gasteiger partial charge in [0, 0.05) is 4.47 Å². The van der Waals surface area contributed by atoms with Crippen LogP contribution in [0, 0.1) is 11.8 Å². The number of aromatic amines is 1. The first kappa shape index (κ1) is 22.3. The predicted octanol–water partition coefficient (Wildman–Crippen LogP) is 4.57. The van der Waals surface area contributed by atoms with Crippen LogP contribution in [0.15, 0.2) is 34.9 Å². The fourth-order valence-electron chi connectivity index (χ4n) is 3.93. The van der Waals surface area contributed by atoms with Crippen molar-refractivity contribution in [3.05, 3.63) is 40.8 Å². The van der Waals surface area contributed by atoms with Crippen molar-refractivity contribution < 1.29 is 14.3 Å². The predicted molar refractivity (Wildman–Crippen MR) is 119 cm³/mol. The Morgan fingerprint density at radius 2 is 1.83 bits per heavy atom. The zero-order valence-electron chi connectivity index (χ0n) is 17.6. The van der Waals surface area contributed by atoms with E-state index < -0.39 is 12.1 Å². The number of nitrogens with zero attached hydrogens (tertiary/aromatic N) is 1. The second kappa shape index (κ2) is 10.1. The summed E-state index contributed by atoms with van der Waals surface area (Å²) in [5, 5.41) is 5.79. The van der Waals surface area contributed by atoms with Gasteiger partial charge in [-0.15, -0.1) is 0 Å². The molecule has 8 heteroatoms. The number of hydrogen-bond acceptors (Lipinski definition) is 4. The van der Waals surface area contributed by atoms with Crippen molar-refractivity contribution in [3.63, 3.8) is 0 Å². The lowest BCUT2D eigenvalue weighted by atomic mass is 9.96. The van der Waals surface area contributed by atoms with Gasteiger partial charge in [-0.3, -0.25) is 4.79 Å². The third-order valence-corrected chi connectivity index (χ3v) is 6.15. The number of nitrogens with one attached hydrogen (secondary N) is 3. The van der Waals surface area contributed by atoms with Gasteiger partial charge < -0.3 is 20.4 Å². The molecule has 162 valence electrons. The molecule has 0 unspecified atom stereocenters. The second-order valence-electron chi connectivity index (χ2n) is 8.08. The van der Waals surface area contributed by atoms with E-state index in [4.69, 9.17) is 0 Å². The van der Waals surface area contributed by atoms with Gasteiger partial charge in [0.05, 0.1) is 25.0 Å². The number of hydrogen-bond donors (Lipinski definition) is 3. The lowest BCUT2D eigenvalue weighted by Gasteiger charge is -2.27. The summed E-state index contributed by atoms with van der Waals surface area (Å²) in [6, 6.07) is 7.08. The number of alkyl carbamates (subject to hydrolysis) is 1. The minimum absolute atomic E-state index is 0.0803. The van der Waals surface area contributed by atoms with E-state index in [9.17, 15) is 9.59 Å². The largest absolute Gasteiger partial charge is 0.453 e. The van der Waals surface area contributed by atoms with E-state index in [0.717, 1.165) is 47.2 Å². The number of aromatic nitrogens is 2. The Morgan fingerprint density at radius 1 is 1.17 bits per heavy atom. The number of carbonyl (C=O) groups excluding carboxylic acids is 2. The molecular weight excluding hydrogens is 448 g/mol. The summed E-state index contributed by atoms with van der Waals surface area (Å²) in [4.78, 5) is 32.8. The molecule has 3 N–H and O–H groups in total. The van der Waals surface area contributed by atoms with Gasteiger partial charge in [0.2, 0.25) is 5.91 Å².